The van der Waals surface area contributed by atoms with Gasteiger partial charge in [0.25, 0.3) is 0 Å². The van der Waals surface area contributed by atoms with E-state index in [-0.39, 0.29) is 5.82 Å². The minimum atomic E-state index is -0.374. The maximum absolute atomic E-state index is 14.7. The van der Waals surface area contributed by atoms with Crippen molar-refractivity contribution in [3.05, 3.63) is 78.5 Å². The summed E-state index contributed by atoms with van der Waals surface area (Å²) in [5.74, 6) is 0.0994. The van der Waals surface area contributed by atoms with Crippen molar-refractivity contribution in [2.24, 2.45) is 0 Å². The van der Waals surface area contributed by atoms with Gasteiger partial charge in [-0.2, -0.15) is 5.10 Å². The van der Waals surface area contributed by atoms with Crippen molar-refractivity contribution in [1.29, 1.82) is 0 Å². The Labute approximate surface area is 255 Å². The van der Waals surface area contributed by atoms with Crippen LogP contribution in [0, 0.1) is 5.82 Å². The number of fused-ring (bicyclic) bond motifs is 2. The maximum Gasteiger partial charge on any atom is 0.135 e. The number of piperidine rings is 1. The molecule has 1 saturated heterocycles. The molecule has 1 fully saturated rings. The van der Waals surface area contributed by atoms with Crippen LogP contribution in [0.4, 0.5) is 4.39 Å². The van der Waals surface area contributed by atoms with E-state index in [0.717, 1.165) is 65.1 Å². The second kappa shape index (κ2) is 12.1. The number of nitrogens with one attached hydrogen (secondary N) is 2. The Kier molecular flexibility index (Phi) is 7.76. The van der Waals surface area contributed by atoms with E-state index >= 15 is 0 Å². The van der Waals surface area contributed by atoms with Gasteiger partial charge < -0.3 is 14.6 Å². The van der Waals surface area contributed by atoms with Gasteiger partial charge in [0.15, 0.2) is 0 Å². The number of aromatic amines is 2. The van der Waals surface area contributed by atoms with Crippen molar-refractivity contribution in [3.8, 4) is 39.7 Å². The summed E-state index contributed by atoms with van der Waals surface area (Å²) < 4.78 is 20.5. The Hall–Kier alpha value is -4.67. The first kappa shape index (κ1) is 28.1. The average molecular weight is 591 g/mol. The fourth-order valence-corrected chi connectivity index (χ4v) is 5.88. The maximum atomic E-state index is 14.7. The van der Waals surface area contributed by atoms with Crippen molar-refractivity contribution in [1.82, 2.24) is 39.9 Å². The molecule has 9 nitrogen and oxygen atoms in total. The highest BCUT2D eigenvalue weighted by molar-refractivity contribution is 5.99. The highest BCUT2D eigenvalue weighted by Gasteiger charge is 2.17. The van der Waals surface area contributed by atoms with E-state index in [0.29, 0.717) is 29.3 Å². The van der Waals surface area contributed by atoms with Crippen molar-refractivity contribution in [3.63, 3.8) is 0 Å². The van der Waals surface area contributed by atoms with Crippen LogP contribution in [0.1, 0.15) is 24.8 Å². The molecule has 0 unspecified atom stereocenters. The molecule has 224 valence electrons. The molecule has 10 heteroatoms. The van der Waals surface area contributed by atoms with E-state index in [2.05, 4.69) is 36.1 Å². The summed E-state index contributed by atoms with van der Waals surface area (Å²) in [4.78, 5) is 22.2. The number of aromatic nitrogens is 6. The highest BCUT2D eigenvalue weighted by Crippen LogP contribution is 2.34. The first-order valence-corrected chi connectivity index (χ1v) is 15.1. The molecule has 44 heavy (non-hydrogen) atoms. The second-order valence-corrected chi connectivity index (χ2v) is 11.7. The van der Waals surface area contributed by atoms with E-state index in [4.69, 9.17) is 9.72 Å². The molecule has 0 radical (unpaired) electrons. The van der Waals surface area contributed by atoms with Crippen LogP contribution in [-0.4, -0.2) is 80.3 Å². The monoisotopic (exact) mass is 590 g/mol. The van der Waals surface area contributed by atoms with Crippen LogP contribution < -0.4 is 4.74 Å². The van der Waals surface area contributed by atoms with E-state index in [1.807, 2.05) is 61.7 Å². The molecule has 0 saturated carbocycles. The van der Waals surface area contributed by atoms with Crippen molar-refractivity contribution in [2.45, 2.75) is 25.8 Å². The van der Waals surface area contributed by atoms with E-state index in [1.54, 1.807) is 6.20 Å². The Morgan fingerprint density at radius 3 is 2.68 bits per heavy atom. The molecule has 6 aromatic rings. The van der Waals surface area contributed by atoms with E-state index in [1.165, 1.54) is 37.0 Å². The van der Waals surface area contributed by atoms with Crippen LogP contribution in [0.15, 0.2) is 67.1 Å². The van der Waals surface area contributed by atoms with Crippen molar-refractivity contribution < 1.29 is 9.13 Å². The number of benzene rings is 1. The first-order valence-electron chi connectivity index (χ1n) is 15.1. The van der Waals surface area contributed by atoms with Gasteiger partial charge in [-0.1, -0.05) is 6.42 Å². The fourth-order valence-electron chi connectivity index (χ4n) is 5.88. The number of pyridine rings is 3. The highest BCUT2D eigenvalue weighted by atomic mass is 19.1. The van der Waals surface area contributed by atoms with Crippen LogP contribution in [0.25, 0.3) is 55.8 Å². The van der Waals surface area contributed by atoms with Crippen LogP contribution in [-0.2, 0) is 6.54 Å². The van der Waals surface area contributed by atoms with Gasteiger partial charge in [-0.15, -0.1) is 0 Å². The van der Waals surface area contributed by atoms with Gasteiger partial charge in [-0.3, -0.25) is 20.0 Å². The molecule has 6 heterocycles. The summed E-state index contributed by atoms with van der Waals surface area (Å²) in [6.07, 6.45) is 9.37. The van der Waals surface area contributed by atoms with Crippen LogP contribution in [0.5, 0.6) is 5.75 Å². The van der Waals surface area contributed by atoms with E-state index in [9.17, 15) is 4.39 Å². The number of ether oxygens (including phenoxy) is 1. The number of hydrogen-bond acceptors (Lipinski definition) is 7. The van der Waals surface area contributed by atoms with Crippen LogP contribution >= 0.6 is 0 Å². The lowest BCUT2D eigenvalue weighted by Crippen LogP contribution is -2.29. The fraction of sp³-hybridized carbons (Fsp3) is 0.294. The standard InChI is InChI=1S/C34H35FN8O/c1-42(2)12-13-44-26-16-23(15-25(35)17-26)32-27-18-31(38-29(27)8-9-37-32)34-33-30(40-41-34)7-6-28(39-33)24-14-22(19-36-20-24)21-43-10-4-3-5-11-43/h6-9,14-20,38H,3-5,10-13,21H2,1-2H3,(H,40,41). The topological polar surface area (TPSA) is 98.8 Å². The number of likely N-dealkylation sites (N-methyl/N-ethyl adjacent to an activating group) is 1. The van der Waals surface area contributed by atoms with Crippen molar-refractivity contribution >= 4 is 21.9 Å². The minimum Gasteiger partial charge on any atom is -0.492 e. The Balaban J connectivity index is 1.21. The molecule has 1 aliphatic rings. The molecule has 1 aromatic carbocycles. The minimum absolute atomic E-state index is 0.374. The lowest BCUT2D eigenvalue weighted by atomic mass is 10.1. The van der Waals surface area contributed by atoms with Gasteiger partial charge in [0.05, 0.1) is 22.6 Å². The van der Waals surface area contributed by atoms with Crippen molar-refractivity contribution in [2.75, 3.05) is 40.3 Å². The van der Waals surface area contributed by atoms with Gasteiger partial charge in [0.1, 0.15) is 29.4 Å². The quantitative estimate of drug-likeness (QED) is 0.204. The Morgan fingerprint density at radius 1 is 0.932 bits per heavy atom. The molecule has 5 aromatic heterocycles. The summed E-state index contributed by atoms with van der Waals surface area (Å²) in [5.41, 5.74) is 8.27. The van der Waals surface area contributed by atoms with Crippen LogP contribution in [0.3, 0.4) is 0 Å². The summed E-state index contributed by atoms with van der Waals surface area (Å²) in [7, 11) is 3.94. The molecular formula is C34H35FN8O. The average Bonchev–Trinajstić information content (AvgIpc) is 3.65. The molecule has 0 aliphatic carbocycles. The number of likely N-dealkylation sites (tertiary alicyclic amines) is 1. The van der Waals surface area contributed by atoms with Gasteiger partial charge in [0.2, 0.25) is 0 Å². The molecule has 0 spiro atoms. The lowest BCUT2D eigenvalue weighted by Gasteiger charge is -2.26. The molecule has 2 N–H and O–H groups in total. The normalized spacial score (nSPS) is 14.2. The summed E-state index contributed by atoms with van der Waals surface area (Å²) in [6, 6.07) is 14.8. The number of H-pyrrole nitrogens is 2. The Morgan fingerprint density at radius 2 is 1.82 bits per heavy atom. The Bertz CT molecular complexity index is 1920. The molecule has 0 bridgehead atoms. The van der Waals surface area contributed by atoms with Gasteiger partial charge in [0, 0.05) is 59.8 Å². The predicted molar refractivity (Wildman–Crippen MR) is 171 cm³/mol. The summed E-state index contributed by atoms with van der Waals surface area (Å²) >= 11 is 0. The third-order valence-corrected chi connectivity index (χ3v) is 8.11. The summed E-state index contributed by atoms with van der Waals surface area (Å²) in [5, 5.41) is 8.60. The number of hydrogen-bond donors (Lipinski definition) is 2. The molecule has 7 rings (SSSR count). The molecule has 1 aliphatic heterocycles. The zero-order valence-electron chi connectivity index (χ0n) is 25.0. The largest absolute Gasteiger partial charge is 0.492 e. The predicted octanol–water partition coefficient (Wildman–Crippen LogP) is 6.30. The smallest absolute Gasteiger partial charge is 0.135 e. The summed E-state index contributed by atoms with van der Waals surface area (Å²) in [6.45, 7) is 4.37. The third kappa shape index (κ3) is 5.91. The zero-order chi connectivity index (χ0) is 30.0. The number of nitrogens with zero attached hydrogens (tertiary/aromatic N) is 6. The van der Waals surface area contributed by atoms with Crippen LogP contribution in [0.2, 0.25) is 0 Å². The van der Waals surface area contributed by atoms with Gasteiger partial charge >= 0.3 is 0 Å². The zero-order valence-corrected chi connectivity index (χ0v) is 25.0. The number of rotatable bonds is 9. The second-order valence-electron chi connectivity index (χ2n) is 11.7. The SMILES string of the molecule is CN(C)CCOc1cc(F)cc(-c2nccc3[nH]c(-c4n[nH]c5ccc(-c6cncc(CN7CCCCC7)c6)nc45)cc23)c1. The van der Waals surface area contributed by atoms with Gasteiger partial charge in [-0.05, 0) is 88.1 Å². The molecule has 0 atom stereocenters. The third-order valence-electron chi connectivity index (χ3n) is 8.11. The van der Waals surface area contributed by atoms with E-state index < -0.39 is 0 Å². The molecule has 0 amide bonds. The molecular weight excluding hydrogens is 555 g/mol. The first-order chi connectivity index (χ1) is 21.5. The lowest BCUT2D eigenvalue weighted by molar-refractivity contribution is 0.220. The number of halogens is 1. The van der Waals surface area contributed by atoms with Gasteiger partial charge in [-0.25, -0.2) is 9.37 Å².